The molecule has 4 rings (SSSR count). The Morgan fingerprint density at radius 1 is 1.17 bits per heavy atom. The number of hydrogen-bond donors (Lipinski definition) is 1. The maximum atomic E-state index is 15.2. The minimum Gasteiger partial charge on any atom is -0.381 e. The topological polar surface area (TPSA) is 50.3 Å². The minimum absolute atomic E-state index is 0.0257. The van der Waals surface area contributed by atoms with Crippen LogP contribution in [0.15, 0.2) is 30.6 Å². The lowest BCUT2D eigenvalue weighted by Crippen LogP contribution is -2.27. The first-order valence-corrected chi connectivity index (χ1v) is 10.5. The van der Waals surface area contributed by atoms with Crippen molar-refractivity contribution >= 4 is 11.6 Å². The summed E-state index contributed by atoms with van der Waals surface area (Å²) in [5.74, 6) is -2.57. The summed E-state index contributed by atoms with van der Waals surface area (Å²) >= 11 is 0. The van der Waals surface area contributed by atoms with Crippen molar-refractivity contribution in [2.75, 3.05) is 36.5 Å². The fraction of sp³-hybridized carbons (Fsp3) is 0.545. The number of benzene rings is 1. The predicted molar refractivity (Wildman–Crippen MR) is 109 cm³/mol. The predicted octanol–water partition coefficient (Wildman–Crippen LogP) is 4.91. The van der Waals surface area contributed by atoms with Crippen molar-refractivity contribution < 1.29 is 17.9 Å². The molecule has 1 aromatic heterocycles. The lowest BCUT2D eigenvalue weighted by Gasteiger charge is -2.27. The standard InChI is InChI=1S/C22H27F3N4O/c1-22(24,25)17-8-6-16(7-9-17)18-5-2-10-29(18)21-19(23)20(27-14-28-21)26-12-15-4-3-11-30-13-15/h6-9,14-15,18H,2-5,10-13H2,1H3,(H,26,27,28). The van der Waals surface area contributed by atoms with Crippen molar-refractivity contribution in [1.29, 1.82) is 0 Å². The molecule has 1 aromatic carbocycles. The third-order valence-corrected chi connectivity index (χ3v) is 5.91. The van der Waals surface area contributed by atoms with Gasteiger partial charge in [-0.3, -0.25) is 0 Å². The molecule has 5 nitrogen and oxygen atoms in total. The van der Waals surface area contributed by atoms with E-state index in [9.17, 15) is 8.78 Å². The Morgan fingerprint density at radius 3 is 2.67 bits per heavy atom. The molecule has 0 radical (unpaired) electrons. The van der Waals surface area contributed by atoms with Crippen LogP contribution in [0.3, 0.4) is 0 Å². The molecule has 8 heteroatoms. The average molecular weight is 420 g/mol. The monoisotopic (exact) mass is 420 g/mol. The second-order valence-corrected chi connectivity index (χ2v) is 8.19. The summed E-state index contributed by atoms with van der Waals surface area (Å²) < 4.78 is 47.7. The van der Waals surface area contributed by atoms with Gasteiger partial charge >= 0.3 is 0 Å². The van der Waals surface area contributed by atoms with Crippen molar-refractivity contribution in [3.63, 3.8) is 0 Å². The van der Waals surface area contributed by atoms with Gasteiger partial charge in [0.15, 0.2) is 11.6 Å². The van der Waals surface area contributed by atoms with E-state index in [1.165, 1.54) is 18.5 Å². The third kappa shape index (κ3) is 4.53. The van der Waals surface area contributed by atoms with E-state index in [1.54, 1.807) is 12.1 Å². The molecule has 2 aliphatic rings. The lowest BCUT2D eigenvalue weighted by atomic mass is 10.0. The number of hydrogen-bond acceptors (Lipinski definition) is 5. The van der Waals surface area contributed by atoms with Crippen molar-refractivity contribution in [2.45, 2.75) is 44.6 Å². The summed E-state index contributed by atoms with van der Waals surface area (Å²) in [6, 6.07) is 6.20. The molecule has 2 aliphatic heterocycles. The molecule has 3 heterocycles. The number of ether oxygens (including phenoxy) is 1. The van der Waals surface area contributed by atoms with E-state index in [0.29, 0.717) is 25.6 Å². The van der Waals surface area contributed by atoms with E-state index in [2.05, 4.69) is 15.3 Å². The number of alkyl halides is 2. The molecule has 2 atom stereocenters. The lowest BCUT2D eigenvalue weighted by molar-refractivity contribution is 0.0174. The Balaban J connectivity index is 1.51. The SMILES string of the molecule is CC(F)(F)c1ccc(C2CCCN2c2ncnc(NCC3CCCOC3)c2F)cc1. The molecule has 162 valence electrons. The van der Waals surface area contributed by atoms with Gasteiger partial charge in [0, 0.05) is 32.2 Å². The second kappa shape index (κ2) is 8.79. The summed E-state index contributed by atoms with van der Waals surface area (Å²) in [7, 11) is 0. The van der Waals surface area contributed by atoms with Crippen LogP contribution >= 0.6 is 0 Å². The first-order chi connectivity index (χ1) is 14.4. The van der Waals surface area contributed by atoms with Crippen molar-refractivity contribution in [1.82, 2.24) is 9.97 Å². The highest BCUT2D eigenvalue weighted by molar-refractivity contribution is 5.53. The van der Waals surface area contributed by atoms with Crippen molar-refractivity contribution in [3.05, 3.63) is 47.5 Å². The summed E-state index contributed by atoms with van der Waals surface area (Å²) in [5.41, 5.74) is 0.856. The van der Waals surface area contributed by atoms with Crippen LogP contribution in [-0.4, -0.2) is 36.3 Å². The highest BCUT2D eigenvalue weighted by Gasteiger charge is 2.31. The first kappa shape index (κ1) is 20.9. The van der Waals surface area contributed by atoms with Crippen LogP contribution in [-0.2, 0) is 10.7 Å². The molecule has 30 heavy (non-hydrogen) atoms. The minimum atomic E-state index is -2.88. The normalized spacial score (nSPS) is 22.3. The van der Waals surface area contributed by atoms with Crippen LogP contribution in [0.1, 0.15) is 49.8 Å². The summed E-state index contributed by atoms with van der Waals surface area (Å²) in [4.78, 5) is 10.2. The van der Waals surface area contributed by atoms with Gasteiger partial charge in [-0.25, -0.2) is 18.7 Å². The van der Waals surface area contributed by atoms with E-state index in [-0.39, 0.29) is 23.2 Å². The van der Waals surface area contributed by atoms with E-state index in [4.69, 9.17) is 4.74 Å². The van der Waals surface area contributed by atoms with Gasteiger partial charge in [0.2, 0.25) is 5.82 Å². The van der Waals surface area contributed by atoms with Crippen LogP contribution < -0.4 is 10.2 Å². The highest BCUT2D eigenvalue weighted by atomic mass is 19.3. The van der Waals surface area contributed by atoms with E-state index in [1.807, 2.05) is 4.90 Å². The number of nitrogens with zero attached hydrogens (tertiary/aromatic N) is 3. The highest BCUT2D eigenvalue weighted by Crippen LogP contribution is 2.38. The van der Waals surface area contributed by atoms with E-state index < -0.39 is 11.7 Å². The summed E-state index contributed by atoms with van der Waals surface area (Å²) in [6.07, 6.45) is 5.12. The van der Waals surface area contributed by atoms with Gasteiger partial charge in [-0.2, -0.15) is 4.39 Å². The van der Waals surface area contributed by atoms with Gasteiger partial charge in [-0.05, 0) is 37.2 Å². The van der Waals surface area contributed by atoms with Crippen LogP contribution in [0.4, 0.5) is 24.8 Å². The van der Waals surface area contributed by atoms with Crippen molar-refractivity contribution in [3.8, 4) is 0 Å². The largest absolute Gasteiger partial charge is 0.381 e. The molecule has 2 aromatic rings. The third-order valence-electron chi connectivity index (χ3n) is 5.91. The molecule has 1 N–H and O–H groups in total. The maximum Gasteiger partial charge on any atom is 0.270 e. The fourth-order valence-electron chi connectivity index (χ4n) is 4.26. The van der Waals surface area contributed by atoms with Crippen molar-refractivity contribution in [2.24, 2.45) is 5.92 Å². The molecule has 2 unspecified atom stereocenters. The molecule has 2 saturated heterocycles. The Morgan fingerprint density at radius 2 is 1.97 bits per heavy atom. The fourth-order valence-corrected chi connectivity index (χ4v) is 4.26. The molecular formula is C22H27F3N4O. The molecule has 0 bridgehead atoms. The molecule has 0 aliphatic carbocycles. The second-order valence-electron chi connectivity index (χ2n) is 8.19. The van der Waals surface area contributed by atoms with Gasteiger partial charge in [-0.15, -0.1) is 0 Å². The zero-order valence-electron chi connectivity index (χ0n) is 17.1. The van der Waals surface area contributed by atoms with Crippen LogP contribution in [0.25, 0.3) is 0 Å². The van der Waals surface area contributed by atoms with E-state index in [0.717, 1.165) is 44.8 Å². The maximum absolute atomic E-state index is 15.2. The van der Waals surface area contributed by atoms with Crippen LogP contribution in [0.5, 0.6) is 0 Å². The molecule has 0 saturated carbocycles. The Labute approximate surface area is 174 Å². The van der Waals surface area contributed by atoms with Gasteiger partial charge in [0.25, 0.3) is 5.92 Å². The average Bonchev–Trinajstić information content (AvgIpc) is 3.23. The number of nitrogens with one attached hydrogen (secondary N) is 1. The smallest absolute Gasteiger partial charge is 0.270 e. The van der Waals surface area contributed by atoms with E-state index >= 15 is 4.39 Å². The first-order valence-electron chi connectivity index (χ1n) is 10.5. The number of rotatable bonds is 6. The summed E-state index contributed by atoms with van der Waals surface area (Å²) in [6.45, 7) is 3.60. The van der Waals surface area contributed by atoms with Gasteiger partial charge in [-0.1, -0.05) is 24.3 Å². The Bertz CT molecular complexity index is 850. The molecule has 0 amide bonds. The van der Waals surface area contributed by atoms with Gasteiger partial charge < -0.3 is 15.0 Å². The van der Waals surface area contributed by atoms with Crippen LogP contribution in [0, 0.1) is 11.7 Å². The quantitative estimate of drug-likeness (QED) is 0.720. The molecule has 2 fully saturated rings. The number of aromatic nitrogens is 2. The number of halogens is 3. The zero-order valence-corrected chi connectivity index (χ0v) is 17.1. The molecular weight excluding hydrogens is 393 g/mol. The van der Waals surface area contributed by atoms with Gasteiger partial charge in [0.1, 0.15) is 6.33 Å². The number of anilines is 2. The van der Waals surface area contributed by atoms with Gasteiger partial charge in [0.05, 0.1) is 12.6 Å². The Kier molecular flexibility index (Phi) is 6.13. The Hall–Kier alpha value is -2.35. The molecule has 0 spiro atoms. The zero-order chi connectivity index (χ0) is 21.1. The summed E-state index contributed by atoms with van der Waals surface area (Å²) in [5, 5.41) is 3.11. The van der Waals surface area contributed by atoms with Crippen LogP contribution in [0.2, 0.25) is 0 Å².